The van der Waals surface area contributed by atoms with Crippen molar-refractivity contribution in [1.82, 2.24) is 19.7 Å². The molecule has 6 heteroatoms. The van der Waals surface area contributed by atoms with E-state index in [0.717, 1.165) is 11.2 Å². The van der Waals surface area contributed by atoms with Crippen LogP contribution in [0.15, 0.2) is 10.9 Å². The van der Waals surface area contributed by atoms with Crippen LogP contribution in [-0.4, -0.2) is 26.8 Å². The van der Waals surface area contributed by atoms with Crippen LogP contribution in [-0.2, 0) is 13.6 Å². The van der Waals surface area contributed by atoms with E-state index in [0.29, 0.717) is 24.2 Å². The van der Waals surface area contributed by atoms with Crippen molar-refractivity contribution in [3.63, 3.8) is 0 Å². The van der Waals surface area contributed by atoms with Gasteiger partial charge in [0.05, 0.1) is 16.6 Å². The number of nitrogens with one attached hydrogen (secondary N) is 1. The second kappa shape index (κ2) is 3.19. The zero-order chi connectivity index (χ0) is 12.2. The molecule has 1 N–H and O–H groups in total. The number of aromatic nitrogens is 3. The first-order chi connectivity index (χ1) is 8.09. The molecule has 1 aliphatic rings. The summed E-state index contributed by atoms with van der Waals surface area (Å²) in [5.74, 6) is -0.131. The third-order valence-electron chi connectivity index (χ3n) is 3.12. The van der Waals surface area contributed by atoms with E-state index in [-0.39, 0.29) is 11.5 Å². The number of nitrogens with zero attached hydrogens (tertiary/aromatic N) is 3. The Balaban J connectivity index is 2.50. The molecule has 0 unspecified atom stereocenters. The first-order valence-corrected chi connectivity index (χ1v) is 5.45. The summed E-state index contributed by atoms with van der Waals surface area (Å²) in [6.45, 7) is 3.12. The van der Waals surface area contributed by atoms with E-state index in [1.165, 1.54) is 4.68 Å². The van der Waals surface area contributed by atoms with Gasteiger partial charge in [-0.2, -0.15) is 5.10 Å². The van der Waals surface area contributed by atoms with Crippen LogP contribution in [0, 0.1) is 6.92 Å². The smallest absolute Gasteiger partial charge is 0.275 e. The van der Waals surface area contributed by atoms with E-state index in [1.807, 2.05) is 11.5 Å². The molecule has 2 aromatic rings. The number of hydrogen-bond donors (Lipinski definition) is 1. The first kappa shape index (κ1) is 10.1. The van der Waals surface area contributed by atoms with Crippen molar-refractivity contribution in [3.05, 3.63) is 27.8 Å². The molecule has 0 saturated carbocycles. The Labute approximate surface area is 96.8 Å². The molecule has 17 heavy (non-hydrogen) atoms. The predicted octanol–water partition coefficient (Wildman–Crippen LogP) is -0.213. The predicted molar refractivity (Wildman–Crippen MR) is 62.0 cm³/mol. The van der Waals surface area contributed by atoms with Crippen LogP contribution >= 0.6 is 0 Å². The van der Waals surface area contributed by atoms with Gasteiger partial charge in [-0.3, -0.25) is 9.59 Å². The van der Waals surface area contributed by atoms with Crippen LogP contribution in [0.25, 0.3) is 10.9 Å². The van der Waals surface area contributed by atoms with Crippen molar-refractivity contribution in [2.45, 2.75) is 13.5 Å². The first-order valence-electron chi connectivity index (χ1n) is 5.45. The minimum atomic E-state index is -0.166. The van der Waals surface area contributed by atoms with Gasteiger partial charge in [0.15, 0.2) is 0 Å². The monoisotopic (exact) mass is 232 g/mol. The van der Waals surface area contributed by atoms with Crippen molar-refractivity contribution in [3.8, 4) is 0 Å². The van der Waals surface area contributed by atoms with Gasteiger partial charge in [0.2, 0.25) is 0 Å². The van der Waals surface area contributed by atoms with Crippen molar-refractivity contribution < 1.29 is 4.79 Å². The minimum Gasteiger partial charge on any atom is -0.349 e. The average molecular weight is 232 g/mol. The maximum atomic E-state index is 12.0. The summed E-state index contributed by atoms with van der Waals surface area (Å²) in [5, 5.41) is 7.48. The highest BCUT2D eigenvalue weighted by atomic mass is 16.2. The van der Waals surface area contributed by atoms with Crippen LogP contribution in [0.5, 0.6) is 0 Å². The summed E-state index contributed by atoms with van der Waals surface area (Å²) in [5.41, 5.74) is 1.92. The lowest BCUT2D eigenvalue weighted by atomic mass is 10.3. The molecule has 0 aliphatic carbocycles. The highest BCUT2D eigenvalue weighted by Gasteiger charge is 2.22. The molecular formula is C11H12N4O2. The molecule has 0 fully saturated rings. The Morgan fingerprint density at radius 2 is 2.18 bits per heavy atom. The quantitative estimate of drug-likeness (QED) is 0.683. The molecule has 3 rings (SSSR count). The van der Waals surface area contributed by atoms with Crippen LogP contribution in [0.1, 0.15) is 16.2 Å². The number of fused-ring (bicyclic) bond motifs is 3. The van der Waals surface area contributed by atoms with Crippen LogP contribution in [0.4, 0.5) is 0 Å². The normalized spacial score (nSPS) is 14.8. The molecule has 3 heterocycles. The third-order valence-corrected chi connectivity index (χ3v) is 3.12. The number of aryl methyl sites for hydroxylation is 2. The molecule has 0 atom stereocenters. The molecule has 0 saturated heterocycles. The fourth-order valence-electron chi connectivity index (χ4n) is 2.39. The lowest BCUT2D eigenvalue weighted by molar-refractivity contribution is 0.0929. The minimum absolute atomic E-state index is 0.131. The van der Waals surface area contributed by atoms with E-state index in [1.54, 1.807) is 13.1 Å². The standard InChI is InChI=1S/C11H12N4O2/c1-6-9-7(11(17)14(2)13-6)5-8-10(16)12-3-4-15(8)9/h5H,3-4H2,1-2H3,(H,12,16). The maximum Gasteiger partial charge on any atom is 0.275 e. The van der Waals surface area contributed by atoms with E-state index in [4.69, 9.17) is 0 Å². The summed E-state index contributed by atoms with van der Waals surface area (Å²) in [6, 6.07) is 1.65. The molecule has 6 nitrogen and oxygen atoms in total. The SMILES string of the molecule is Cc1nn(C)c(=O)c2cc3n(c12)CCNC3=O. The zero-order valence-electron chi connectivity index (χ0n) is 9.65. The second-order valence-electron chi connectivity index (χ2n) is 4.21. The molecule has 0 bridgehead atoms. The number of carbonyl (C=O) groups is 1. The van der Waals surface area contributed by atoms with Crippen molar-refractivity contribution in [1.29, 1.82) is 0 Å². The topological polar surface area (TPSA) is 68.9 Å². The Morgan fingerprint density at radius 1 is 1.41 bits per heavy atom. The number of hydrogen-bond acceptors (Lipinski definition) is 3. The number of rotatable bonds is 0. The Kier molecular flexibility index (Phi) is 1.89. The Morgan fingerprint density at radius 3 is 2.94 bits per heavy atom. The lowest BCUT2D eigenvalue weighted by Gasteiger charge is -2.16. The molecular weight excluding hydrogens is 220 g/mol. The van der Waals surface area contributed by atoms with Crippen molar-refractivity contribution in [2.75, 3.05) is 6.54 Å². The van der Waals surface area contributed by atoms with Gasteiger partial charge in [0.25, 0.3) is 11.5 Å². The highest BCUT2D eigenvalue weighted by Crippen LogP contribution is 2.20. The van der Waals surface area contributed by atoms with Gasteiger partial charge >= 0.3 is 0 Å². The van der Waals surface area contributed by atoms with Crippen LogP contribution in [0.3, 0.4) is 0 Å². The Bertz CT molecular complexity index is 696. The Hall–Kier alpha value is -2.11. The summed E-state index contributed by atoms with van der Waals surface area (Å²) in [4.78, 5) is 23.7. The van der Waals surface area contributed by atoms with Gasteiger partial charge < -0.3 is 9.88 Å². The number of carbonyl (C=O) groups excluding carboxylic acids is 1. The van der Waals surface area contributed by atoms with Crippen LogP contribution in [0.2, 0.25) is 0 Å². The maximum absolute atomic E-state index is 12.0. The van der Waals surface area contributed by atoms with E-state index < -0.39 is 0 Å². The largest absolute Gasteiger partial charge is 0.349 e. The lowest BCUT2D eigenvalue weighted by Crippen LogP contribution is -2.35. The van der Waals surface area contributed by atoms with E-state index in [9.17, 15) is 9.59 Å². The average Bonchev–Trinajstić information content (AvgIpc) is 2.67. The van der Waals surface area contributed by atoms with Crippen molar-refractivity contribution >= 4 is 16.8 Å². The highest BCUT2D eigenvalue weighted by molar-refractivity contribution is 5.99. The van der Waals surface area contributed by atoms with Crippen molar-refractivity contribution in [2.24, 2.45) is 7.05 Å². The second-order valence-corrected chi connectivity index (χ2v) is 4.21. The van der Waals surface area contributed by atoms with Gasteiger partial charge in [0, 0.05) is 20.1 Å². The summed E-state index contributed by atoms with van der Waals surface area (Å²) in [6.07, 6.45) is 0. The summed E-state index contributed by atoms with van der Waals surface area (Å²) < 4.78 is 3.18. The summed E-state index contributed by atoms with van der Waals surface area (Å²) >= 11 is 0. The molecule has 0 aromatic carbocycles. The molecule has 0 radical (unpaired) electrons. The van der Waals surface area contributed by atoms with E-state index >= 15 is 0 Å². The van der Waals surface area contributed by atoms with Gasteiger partial charge in [0.1, 0.15) is 5.69 Å². The van der Waals surface area contributed by atoms with Gasteiger partial charge in [-0.25, -0.2) is 4.68 Å². The molecule has 1 amide bonds. The van der Waals surface area contributed by atoms with Gasteiger partial charge in [-0.05, 0) is 13.0 Å². The third kappa shape index (κ3) is 1.23. The molecule has 2 aromatic heterocycles. The van der Waals surface area contributed by atoms with E-state index in [2.05, 4.69) is 10.4 Å². The van der Waals surface area contributed by atoms with Gasteiger partial charge in [-0.1, -0.05) is 0 Å². The number of amides is 1. The molecule has 1 aliphatic heterocycles. The molecule has 88 valence electrons. The molecule has 0 spiro atoms. The fourth-order valence-corrected chi connectivity index (χ4v) is 2.39. The van der Waals surface area contributed by atoms with Crippen LogP contribution < -0.4 is 10.9 Å². The summed E-state index contributed by atoms with van der Waals surface area (Å²) in [7, 11) is 1.62. The fraction of sp³-hybridized carbons (Fsp3) is 0.364. The zero-order valence-corrected chi connectivity index (χ0v) is 9.65. The van der Waals surface area contributed by atoms with Gasteiger partial charge in [-0.15, -0.1) is 0 Å².